The molecule has 1 unspecified atom stereocenters. The Hall–Kier alpha value is -2.20. The monoisotopic (exact) mass is 284 g/mol. The minimum absolute atomic E-state index is 0.227. The van der Waals surface area contributed by atoms with E-state index < -0.39 is 11.9 Å². The van der Waals surface area contributed by atoms with Crippen molar-refractivity contribution in [2.45, 2.75) is 19.4 Å². The van der Waals surface area contributed by atoms with E-state index in [4.69, 9.17) is 0 Å². The van der Waals surface area contributed by atoms with Gasteiger partial charge in [0.1, 0.15) is 11.9 Å². The summed E-state index contributed by atoms with van der Waals surface area (Å²) >= 11 is 0. The number of fused-ring (bicyclic) bond motifs is 1. The third kappa shape index (κ3) is 2.81. The Kier molecular flexibility index (Phi) is 3.71. The fraction of sp³-hybridized carbons (Fsp3) is 0.235. The van der Waals surface area contributed by atoms with Crippen LogP contribution in [0.2, 0.25) is 0 Å². The van der Waals surface area contributed by atoms with Crippen molar-refractivity contribution < 1.29 is 9.18 Å². The quantitative estimate of drug-likeness (QED) is 0.890. The lowest BCUT2D eigenvalue weighted by Crippen LogP contribution is -2.38. The van der Waals surface area contributed by atoms with Crippen molar-refractivity contribution in [2.24, 2.45) is 0 Å². The van der Waals surface area contributed by atoms with Crippen LogP contribution in [0.25, 0.3) is 0 Å². The van der Waals surface area contributed by atoms with E-state index in [1.165, 1.54) is 11.6 Å². The lowest BCUT2D eigenvalue weighted by molar-refractivity contribution is -0.118. The van der Waals surface area contributed by atoms with Crippen molar-refractivity contribution in [1.82, 2.24) is 5.32 Å². The fourth-order valence-electron chi connectivity index (χ4n) is 2.68. The maximum Gasteiger partial charge on any atom is 0.246 e. The molecule has 0 fully saturated rings. The molecular formula is C17H17FN2O. The number of hydrogen-bond acceptors (Lipinski definition) is 2. The molecule has 108 valence electrons. The highest BCUT2D eigenvalue weighted by Gasteiger charge is 2.26. The van der Waals surface area contributed by atoms with Crippen molar-refractivity contribution in [3.63, 3.8) is 0 Å². The van der Waals surface area contributed by atoms with Gasteiger partial charge in [0.05, 0.1) is 5.69 Å². The fourth-order valence-corrected chi connectivity index (χ4v) is 2.68. The average molecular weight is 284 g/mol. The zero-order valence-electron chi connectivity index (χ0n) is 11.8. The van der Waals surface area contributed by atoms with Gasteiger partial charge in [-0.25, -0.2) is 4.39 Å². The van der Waals surface area contributed by atoms with Crippen LogP contribution in [0.3, 0.4) is 0 Å². The number of halogens is 1. The van der Waals surface area contributed by atoms with Gasteiger partial charge in [0, 0.05) is 6.54 Å². The Bertz CT molecular complexity index is 684. The van der Waals surface area contributed by atoms with Gasteiger partial charge in [-0.05, 0) is 42.2 Å². The topological polar surface area (TPSA) is 41.1 Å². The molecule has 0 spiro atoms. The number of amides is 1. The Morgan fingerprint density at radius 2 is 2.10 bits per heavy atom. The molecule has 1 atom stereocenters. The molecule has 0 bridgehead atoms. The van der Waals surface area contributed by atoms with Gasteiger partial charge in [0.15, 0.2) is 0 Å². The summed E-state index contributed by atoms with van der Waals surface area (Å²) in [4.78, 5) is 12.5. The van der Waals surface area contributed by atoms with Crippen LogP contribution >= 0.6 is 0 Å². The standard InChI is InChI=1S/C17H17FN2O/c1-11-6-7-14(18)15(10-11)20-17(21)16-13-5-3-2-4-12(13)8-9-19-16/h2-7,10,16,19H,8-9H2,1H3,(H,20,21). The number of anilines is 1. The van der Waals surface area contributed by atoms with Crippen LogP contribution in [0.4, 0.5) is 10.1 Å². The van der Waals surface area contributed by atoms with Crippen molar-refractivity contribution in [3.8, 4) is 0 Å². The van der Waals surface area contributed by atoms with Gasteiger partial charge in [-0.2, -0.15) is 0 Å². The number of nitrogens with one attached hydrogen (secondary N) is 2. The molecule has 2 N–H and O–H groups in total. The number of rotatable bonds is 2. The molecule has 0 aromatic heterocycles. The second-order valence-electron chi connectivity index (χ2n) is 5.31. The maximum atomic E-state index is 13.8. The first-order valence-corrected chi connectivity index (χ1v) is 7.03. The minimum Gasteiger partial charge on any atom is -0.322 e. The molecule has 21 heavy (non-hydrogen) atoms. The summed E-state index contributed by atoms with van der Waals surface area (Å²) in [6.07, 6.45) is 0.902. The van der Waals surface area contributed by atoms with Crippen LogP contribution in [-0.4, -0.2) is 12.5 Å². The van der Waals surface area contributed by atoms with E-state index in [2.05, 4.69) is 10.6 Å². The summed E-state index contributed by atoms with van der Waals surface area (Å²) in [5.74, 6) is -0.648. The van der Waals surface area contributed by atoms with Crippen LogP contribution in [0.5, 0.6) is 0 Å². The van der Waals surface area contributed by atoms with Gasteiger partial charge >= 0.3 is 0 Å². The van der Waals surface area contributed by atoms with Crippen molar-refractivity contribution in [2.75, 3.05) is 11.9 Å². The first-order chi connectivity index (χ1) is 10.1. The molecule has 0 aliphatic carbocycles. The van der Waals surface area contributed by atoms with Crippen LogP contribution in [-0.2, 0) is 11.2 Å². The van der Waals surface area contributed by atoms with Crippen LogP contribution in [0, 0.1) is 12.7 Å². The first kappa shape index (κ1) is 13.8. The molecule has 0 saturated heterocycles. The predicted octanol–water partition coefficient (Wildman–Crippen LogP) is 2.96. The smallest absolute Gasteiger partial charge is 0.246 e. The lowest BCUT2D eigenvalue weighted by atomic mass is 9.94. The third-order valence-corrected chi connectivity index (χ3v) is 3.75. The Morgan fingerprint density at radius 3 is 2.95 bits per heavy atom. The normalized spacial score (nSPS) is 17.1. The van der Waals surface area contributed by atoms with Gasteiger partial charge in [0.25, 0.3) is 0 Å². The van der Waals surface area contributed by atoms with Crippen molar-refractivity contribution >= 4 is 11.6 Å². The summed E-state index contributed by atoms with van der Waals surface area (Å²) in [6, 6.07) is 12.1. The first-order valence-electron chi connectivity index (χ1n) is 7.03. The molecule has 3 rings (SSSR count). The van der Waals surface area contributed by atoms with Gasteiger partial charge in [0.2, 0.25) is 5.91 Å². The molecule has 2 aromatic carbocycles. The second-order valence-corrected chi connectivity index (χ2v) is 5.31. The number of benzene rings is 2. The highest BCUT2D eigenvalue weighted by Crippen LogP contribution is 2.25. The number of carbonyl (C=O) groups excluding carboxylic acids is 1. The van der Waals surface area contributed by atoms with E-state index in [-0.39, 0.29) is 11.6 Å². The minimum atomic E-state index is -0.435. The Balaban J connectivity index is 1.85. The summed E-state index contributed by atoms with van der Waals surface area (Å²) in [7, 11) is 0. The molecule has 2 aromatic rings. The number of carbonyl (C=O) groups is 1. The van der Waals surface area contributed by atoms with Gasteiger partial charge in [-0.3, -0.25) is 4.79 Å². The molecule has 4 heteroatoms. The average Bonchev–Trinajstić information content (AvgIpc) is 2.50. The lowest BCUT2D eigenvalue weighted by Gasteiger charge is -2.26. The van der Waals surface area contributed by atoms with E-state index in [1.807, 2.05) is 31.2 Å². The van der Waals surface area contributed by atoms with Crippen molar-refractivity contribution in [1.29, 1.82) is 0 Å². The molecule has 1 aliphatic rings. The van der Waals surface area contributed by atoms with Crippen molar-refractivity contribution in [3.05, 3.63) is 65.0 Å². The molecule has 0 radical (unpaired) electrons. The third-order valence-electron chi connectivity index (χ3n) is 3.75. The summed E-state index contributed by atoms with van der Waals surface area (Å²) in [5.41, 5.74) is 3.27. The maximum absolute atomic E-state index is 13.8. The zero-order valence-corrected chi connectivity index (χ0v) is 11.8. The van der Waals surface area contributed by atoms with E-state index in [0.29, 0.717) is 0 Å². The largest absolute Gasteiger partial charge is 0.322 e. The van der Waals surface area contributed by atoms with E-state index in [1.54, 1.807) is 12.1 Å². The van der Waals surface area contributed by atoms with Crippen LogP contribution in [0.15, 0.2) is 42.5 Å². The number of aryl methyl sites for hydroxylation is 1. The predicted molar refractivity (Wildman–Crippen MR) is 80.7 cm³/mol. The molecule has 0 saturated carbocycles. The summed E-state index contributed by atoms with van der Waals surface area (Å²) < 4.78 is 13.8. The Morgan fingerprint density at radius 1 is 1.29 bits per heavy atom. The van der Waals surface area contributed by atoms with Gasteiger partial charge < -0.3 is 10.6 Å². The zero-order chi connectivity index (χ0) is 14.8. The van der Waals surface area contributed by atoms with E-state index in [0.717, 1.165) is 24.1 Å². The number of hydrogen-bond donors (Lipinski definition) is 2. The highest BCUT2D eigenvalue weighted by atomic mass is 19.1. The summed E-state index contributed by atoms with van der Waals surface area (Å²) in [6.45, 7) is 2.61. The molecule has 1 aliphatic heterocycles. The summed E-state index contributed by atoms with van der Waals surface area (Å²) in [5, 5.41) is 5.88. The molecule has 1 heterocycles. The molecule has 3 nitrogen and oxygen atoms in total. The Labute approximate surface area is 123 Å². The van der Waals surface area contributed by atoms with Crippen LogP contribution < -0.4 is 10.6 Å². The molecular weight excluding hydrogens is 267 g/mol. The highest BCUT2D eigenvalue weighted by molar-refractivity contribution is 5.96. The SMILES string of the molecule is Cc1ccc(F)c(NC(=O)C2NCCc3ccccc32)c1. The van der Waals surface area contributed by atoms with E-state index in [9.17, 15) is 9.18 Å². The van der Waals surface area contributed by atoms with Crippen LogP contribution in [0.1, 0.15) is 22.7 Å². The van der Waals surface area contributed by atoms with Gasteiger partial charge in [-0.1, -0.05) is 30.3 Å². The van der Waals surface area contributed by atoms with E-state index >= 15 is 0 Å². The second kappa shape index (κ2) is 5.66. The molecule has 1 amide bonds. The van der Waals surface area contributed by atoms with Gasteiger partial charge in [-0.15, -0.1) is 0 Å².